The van der Waals surface area contributed by atoms with E-state index in [0.717, 1.165) is 139 Å². The zero-order chi connectivity index (χ0) is 93.8. The Morgan fingerprint density at radius 2 is 0.497 bits per heavy atom. The van der Waals surface area contributed by atoms with E-state index < -0.39 is 0 Å². The number of para-hydroxylation sites is 1. The fourth-order valence-electron chi connectivity index (χ4n) is 21.7. The molecule has 8 nitrogen and oxygen atoms in total. The van der Waals surface area contributed by atoms with Crippen molar-refractivity contribution in [1.29, 1.82) is 0 Å². The number of aromatic nitrogens is 7. The van der Waals surface area contributed by atoms with Gasteiger partial charge in [0.1, 0.15) is 5.69 Å². The lowest BCUT2D eigenvalue weighted by atomic mass is 9.95. The standard InChI is InChI=1S/C53H32N4S.C42H24N2S.C36H20N2S2/c1-3-13-36-29-39(27-21-33(36)11-1)57(40-28-22-34-12-2-4-14-37(34)30-40)38-25-23-35(24-26-38)51-44-18-7-9-19-47(44)55-53(56-51)52-43-17-6-5-15-41(43)45-32-50-46(31-48(45)54-52)42-16-8-10-20-49(42)58-50;1-2-11-27-21-28(18-17-25(27)9-1)41-33-20-19-26-10-3-4-12-29(26)34(33)22-38(44-41)42-32-15-6-5-13-30(32)35-24-40-36(23-37(35)43-42)31-14-7-8-16-39(31)45-40;1-2-10-21(11-3-1)34-36-28(24-14-7-9-17-32(24)40-36)19-30(38-34)35-25-15-5-4-12-22(25)26-20-33-27(18-29(26)37-35)23-13-6-8-16-31(23)39-33/h1-32H;1-24H;1-20H. The molecule has 31 rings (SSSR count). The van der Waals surface area contributed by atoms with Crippen molar-refractivity contribution in [1.82, 2.24) is 34.9 Å². The van der Waals surface area contributed by atoms with Crippen molar-refractivity contribution in [3.63, 3.8) is 0 Å². The molecule has 0 fully saturated rings. The fourth-order valence-corrected chi connectivity index (χ4v) is 26.2. The van der Waals surface area contributed by atoms with E-state index in [0.29, 0.717) is 5.82 Å². The van der Waals surface area contributed by atoms with Gasteiger partial charge >= 0.3 is 0 Å². The van der Waals surface area contributed by atoms with Gasteiger partial charge in [-0.3, -0.25) is 0 Å². The molecule has 0 saturated carbocycles. The van der Waals surface area contributed by atoms with Crippen molar-refractivity contribution in [2.24, 2.45) is 0 Å². The van der Waals surface area contributed by atoms with Gasteiger partial charge in [0.05, 0.1) is 66.6 Å². The van der Waals surface area contributed by atoms with E-state index in [1.54, 1.807) is 0 Å². The van der Waals surface area contributed by atoms with E-state index in [4.69, 9.17) is 34.9 Å². The van der Waals surface area contributed by atoms with Gasteiger partial charge in [-0.25, -0.2) is 34.9 Å². The average molecular weight is 1890 g/mol. The Morgan fingerprint density at radius 1 is 0.147 bits per heavy atom. The van der Waals surface area contributed by atoms with Crippen molar-refractivity contribution in [2.75, 3.05) is 4.90 Å². The van der Waals surface area contributed by atoms with Crippen LogP contribution in [0.25, 0.3) is 279 Å². The highest BCUT2D eigenvalue weighted by Gasteiger charge is 2.26. The van der Waals surface area contributed by atoms with Gasteiger partial charge in [0.2, 0.25) is 0 Å². The van der Waals surface area contributed by atoms with E-state index in [2.05, 4.69) is 460 Å². The molecule has 143 heavy (non-hydrogen) atoms. The Morgan fingerprint density at radius 3 is 1.01 bits per heavy atom. The molecule has 0 radical (unpaired) electrons. The maximum atomic E-state index is 5.45. The number of nitrogens with zero attached hydrogens (tertiary/aromatic N) is 8. The lowest BCUT2D eigenvalue weighted by Crippen LogP contribution is -2.10. The van der Waals surface area contributed by atoms with Crippen molar-refractivity contribution < 1.29 is 0 Å². The fraction of sp³-hybridized carbons (Fsp3) is 0. The second-order valence-corrected chi connectivity index (χ2v) is 41.1. The number of thiophene rings is 4. The second kappa shape index (κ2) is 33.5. The molecule has 21 aromatic carbocycles. The molecule has 0 bridgehead atoms. The normalized spacial score (nSPS) is 11.9. The van der Waals surface area contributed by atoms with Gasteiger partial charge in [-0.15, -0.1) is 45.3 Å². The van der Waals surface area contributed by atoms with Crippen LogP contribution in [-0.2, 0) is 0 Å². The zero-order valence-corrected chi connectivity index (χ0v) is 79.9. The van der Waals surface area contributed by atoms with Crippen LogP contribution in [0.15, 0.2) is 461 Å². The predicted molar refractivity (Wildman–Crippen MR) is 613 cm³/mol. The molecule has 12 heteroatoms. The van der Waals surface area contributed by atoms with E-state index in [9.17, 15) is 0 Å². The summed E-state index contributed by atoms with van der Waals surface area (Å²) >= 11 is 7.34. The van der Waals surface area contributed by atoms with Crippen LogP contribution < -0.4 is 4.90 Å². The Kier molecular flexibility index (Phi) is 19.3. The number of pyridine rings is 5. The highest BCUT2D eigenvalue weighted by molar-refractivity contribution is 7.27. The lowest BCUT2D eigenvalue weighted by molar-refractivity contribution is 1.20. The predicted octanol–water partition coefficient (Wildman–Crippen LogP) is 37.6. The summed E-state index contributed by atoms with van der Waals surface area (Å²) in [6.45, 7) is 0. The third-order valence-corrected chi connectivity index (χ3v) is 33.0. The van der Waals surface area contributed by atoms with Gasteiger partial charge in [-0.1, -0.05) is 340 Å². The van der Waals surface area contributed by atoms with Crippen molar-refractivity contribution in [2.45, 2.75) is 0 Å². The molecule has 0 aliphatic carbocycles. The van der Waals surface area contributed by atoms with Crippen LogP contribution in [0.4, 0.5) is 17.1 Å². The number of rotatable bonds is 9. The van der Waals surface area contributed by atoms with Crippen LogP contribution in [0.3, 0.4) is 0 Å². The first-order valence-corrected chi connectivity index (χ1v) is 51.4. The SMILES string of the molecule is c1ccc(-c2nc(-c3nc4cc5c(cc4c4ccccc34)sc3ccccc35)cc3c2sc2ccccc23)cc1.c1ccc2cc(-c3nc(-c4nc5cc6c(cc5c5ccccc45)sc4ccccc46)cc4c3ccc3ccccc34)ccc2c1.c1ccc2cc(N(c3ccc(-c4nc(-c5nc6cc7c(cc6c6ccccc56)sc5ccccc57)nc5ccccc45)cc3)c3ccc4ccccc4c3)ccc2c1. The monoisotopic (exact) mass is 1890 g/mol. The highest BCUT2D eigenvalue weighted by Crippen LogP contribution is 2.50. The van der Waals surface area contributed by atoms with Crippen molar-refractivity contribution in [3.8, 4) is 68.1 Å². The van der Waals surface area contributed by atoms with Crippen LogP contribution in [0, 0.1) is 0 Å². The van der Waals surface area contributed by atoms with Crippen molar-refractivity contribution in [3.05, 3.63) is 461 Å². The summed E-state index contributed by atoms with van der Waals surface area (Å²) in [5, 5.41) is 33.4. The number of benzene rings is 21. The van der Waals surface area contributed by atoms with Crippen LogP contribution in [0.1, 0.15) is 0 Å². The topological polar surface area (TPSA) is 93.5 Å². The first kappa shape index (κ1) is 82.3. The van der Waals surface area contributed by atoms with Gasteiger partial charge in [0.15, 0.2) is 5.82 Å². The van der Waals surface area contributed by atoms with Gasteiger partial charge in [0, 0.05) is 153 Å². The van der Waals surface area contributed by atoms with Crippen LogP contribution >= 0.6 is 45.3 Å². The Hall–Kier alpha value is -17.8. The summed E-state index contributed by atoms with van der Waals surface area (Å²) in [7, 11) is 0. The van der Waals surface area contributed by atoms with E-state index in [1.165, 1.54) is 151 Å². The molecule has 0 saturated heterocycles. The molecule has 10 aromatic heterocycles. The minimum Gasteiger partial charge on any atom is -0.310 e. The Balaban J connectivity index is 0.000000104. The molecule has 0 aliphatic heterocycles. The molecule has 31 aromatic rings. The molecule has 0 aliphatic rings. The molecule has 0 atom stereocenters. The summed E-state index contributed by atoms with van der Waals surface area (Å²) in [4.78, 5) is 39.9. The molecule has 10 heterocycles. The summed E-state index contributed by atoms with van der Waals surface area (Å²) in [5.41, 5.74) is 17.6. The molecular weight excluding hydrogens is 1810 g/mol. The average Bonchev–Trinajstić information content (AvgIpc) is 1.54. The first-order valence-electron chi connectivity index (χ1n) is 48.1. The molecule has 0 amide bonds. The third kappa shape index (κ3) is 14.0. The lowest BCUT2D eigenvalue weighted by Gasteiger charge is -2.26. The minimum absolute atomic E-state index is 0.611. The molecular formula is C131H76N8S4. The summed E-state index contributed by atoms with van der Waals surface area (Å²) in [6.07, 6.45) is 0. The van der Waals surface area contributed by atoms with E-state index in [-0.39, 0.29) is 0 Å². The largest absolute Gasteiger partial charge is 0.310 e. The summed E-state index contributed by atoms with van der Waals surface area (Å²) in [6, 6.07) is 165. The maximum Gasteiger partial charge on any atom is 0.179 e. The summed E-state index contributed by atoms with van der Waals surface area (Å²) in [5.74, 6) is 0.611. The van der Waals surface area contributed by atoms with E-state index >= 15 is 0 Å². The number of fused-ring (bicyclic) bond motifs is 28. The molecule has 664 valence electrons. The quantitative estimate of drug-likeness (QED) is 0.132. The maximum absolute atomic E-state index is 5.45. The third-order valence-electron chi connectivity index (χ3n) is 28.5. The first-order chi connectivity index (χ1) is 70.8. The van der Waals surface area contributed by atoms with Crippen LogP contribution in [0.2, 0.25) is 0 Å². The number of hydrogen-bond acceptors (Lipinski definition) is 12. The highest BCUT2D eigenvalue weighted by atomic mass is 32.1. The van der Waals surface area contributed by atoms with Gasteiger partial charge in [-0.2, -0.15) is 0 Å². The minimum atomic E-state index is 0.611. The Labute approximate surface area is 835 Å². The second-order valence-electron chi connectivity index (χ2n) is 36.8. The van der Waals surface area contributed by atoms with Gasteiger partial charge < -0.3 is 4.90 Å². The molecule has 0 N–H and O–H groups in total. The van der Waals surface area contributed by atoms with Gasteiger partial charge in [-0.05, 0) is 186 Å². The van der Waals surface area contributed by atoms with E-state index in [1.807, 2.05) is 51.4 Å². The number of hydrogen-bond donors (Lipinski definition) is 0. The van der Waals surface area contributed by atoms with Gasteiger partial charge in [0.25, 0.3) is 0 Å². The van der Waals surface area contributed by atoms with Crippen LogP contribution in [0.5, 0.6) is 0 Å². The molecule has 0 unspecified atom stereocenters. The number of anilines is 3. The smallest absolute Gasteiger partial charge is 0.179 e. The molecule has 0 spiro atoms. The van der Waals surface area contributed by atoms with Crippen molar-refractivity contribution >= 4 is 273 Å². The summed E-state index contributed by atoms with van der Waals surface area (Å²) < 4.78 is 10.2. The Bertz CT molecular complexity index is 10700. The van der Waals surface area contributed by atoms with Crippen LogP contribution in [-0.4, -0.2) is 34.9 Å². The zero-order valence-electron chi connectivity index (χ0n) is 76.6.